The quantitative estimate of drug-likeness (QED) is 0.652. The second-order valence-corrected chi connectivity index (χ2v) is 9.18. The fourth-order valence-electron chi connectivity index (χ4n) is 4.19. The Morgan fingerprint density at radius 2 is 2.03 bits per heavy atom. The molecule has 1 aliphatic rings. The van der Waals surface area contributed by atoms with Crippen LogP contribution < -0.4 is 0 Å². The van der Waals surface area contributed by atoms with Gasteiger partial charge in [-0.2, -0.15) is 10.2 Å². The number of hydrogen-bond acceptors (Lipinski definition) is 5. The van der Waals surface area contributed by atoms with Crippen molar-refractivity contribution >= 4 is 11.6 Å². The number of amides is 1. The highest BCUT2D eigenvalue weighted by Crippen LogP contribution is 2.37. The van der Waals surface area contributed by atoms with Crippen LogP contribution in [0.25, 0.3) is 16.8 Å². The summed E-state index contributed by atoms with van der Waals surface area (Å²) in [6.07, 6.45) is 11.2. The van der Waals surface area contributed by atoms with Gasteiger partial charge in [0.05, 0.1) is 35.5 Å². The molecule has 0 aliphatic heterocycles. The molecular weight excluding hydrogens is 380 g/mol. The SMILES string of the molecule is CN(C(=O)OC(C)(C)C)C1CCCC(c2nc(-c3cnn(C)c3)cn3nccc23)C1. The fourth-order valence-corrected chi connectivity index (χ4v) is 4.19. The highest BCUT2D eigenvalue weighted by atomic mass is 16.6. The number of fused-ring (bicyclic) bond motifs is 1. The van der Waals surface area contributed by atoms with Crippen LogP contribution in [0.4, 0.5) is 4.79 Å². The van der Waals surface area contributed by atoms with Crippen molar-refractivity contribution in [3.63, 3.8) is 0 Å². The number of ether oxygens (including phenoxy) is 1. The Morgan fingerprint density at radius 3 is 2.73 bits per heavy atom. The van der Waals surface area contributed by atoms with Crippen LogP contribution >= 0.6 is 0 Å². The highest BCUT2D eigenvalue weighted by Gasteiger charge is 2.32. The first kappa shape index (κ1) is 20.4. The van der Waals surface area contributed by atoms with Gasteiger partial charge in [0.15, 0.2) is 0 Å². The molecule has 0 spiro atoms. The number of nitrogens with zero attached hydrogens (tertiary/aromatic N) is 6. The van der Waals surface area contributed by atoms with Crippen molar-refractivity contribution in [2.45, 2.75) is 64.0 Å². The van der Waals surface area contributed by atoms with Crippen LogP contribution in [0.3, 0.4) is 0 Å². The van der Waals surface area contributed by atoms with Gasteiger partial charge in [-0.05, 0) is 46.1 Å². The zero-order valence-corrected chi connectivity index (χ0v) is 18.4. The maximum absolute atomic E-state index is 12.6. The van der Waals surface area contributed by atoms with Gasteiger partial charge in [0.1, 0.15) is 5.60 Å². The minimum Gasteiger partial charge on any atom is -0.444 e. The van der Waals surface area contributed by atoms with E-state index in [4.69, 9.17) is 9.72 Å². The second kappa shape index (κ2) is 7.74. The van der Waals surface area contributed by atoms with Crippen LogP contribution in [-0.4, -0.2) is 54.1 Å². The van der Waals surface area contributed by atoms with Crippen molar-refractivity contribution in [3.05, 3.63) is 36.5 Å². The van der Waals surface area contributed by atoms with Crippen LogP contribution in [-0.2, 0) is 11.8 Å². The normalized spacial score (nSPS) is 19.8. The van der Waals surface area contributed by atoms with Crippen LogP contribution in [0.1, 0.15) is 58.1 Å². The predicted molar refractivity (Wildman–Crippen MR) is 114 cm³/mol. The molecule has 30 heavy (non-hydrogen) atoms. The van der Waals surface area contributed by atoms with Crippen molar-refractivity contribution in [1.82, 2.24) is 29.3 Å². The topological polar surface area (TPSA) is 77.6 Å². The van der Waals surface area contributed by atoms with Crippen molar-refractivity contribution < 1.29 is 9.53 Å². The summed E-state index contributed by atoms with van der Waals surface area (Å²) in [6.45, 7) is 5.69. The van der Waals surface area contributed by atoms with E-state index in [2.05, 4.69) is 10.2 Å². The Balaban J connectivity index is 1.62. The molecule has 0 N–H and O–H groups in total. The van der Waals surface area contributed by atoms with Gasteiger partial charge in [-0.3, -0.25) is 4.68 Å². The zero-order valence-electron chi connectivity index (χ0n) is 18.4. The summed E-state index contributed by atoms with van der Waals surface area (Å²) in [5, 5.41) is 8.73. The van der Waals surface area contributed by atoms with Crippen molar-refractivity contribution in [2.24, 2.45) is 7.05 Å². The van der Waals surface area contributed by atoms with Crippen LogP contribution in [0.5, 0.6) is 0 Å². The number of rotatable bonds is 3. The Morgan fingerprint density at radius 1 is 1.23 bits per heavy atom. The molecule has 0 saturated heterocycles. The lowest BCUT2D eigenvalue weighted by Crippen LogP contribution is -2.42. The molecule has 0 aromatic carbocycles. The van der Waals surface area contributed by atoms with Gasteiger partial charge in [0.25, 0.3) is 0 Å². The number of carbonyl (C=O) groups excluding carboxylic acids is 1. The van der Waals surface area contributed by atoms with Crippen molar-refractivity contribution in [1.29, 1.82) is 0 Å². The molecule has 8 nitrogen and oxygen atoms in total. The van der Waals surface area contributed by atoms with Gasteiger partial charge in [0, 0.05) is 37.8 Å². The monoisotopic (exact) mass is 410 g/mol. The Labute approximate surface area is 176 Å². The summed E-state index contributed by atoms with van der Waals surface area (Å²) < 4.78 is 9.25. The third-order valence-corrected chi connectivity index (χ3v) is 5.68. The summed E-state index contributed by atoms with van der Waals surface area (Å²) in [4.78, 5) is 19.4. The number of aromatic nitrogens is 5. The summed E-state index contributed by atoms with van der Waals surface area (Å²) in [5.41, 5.74) is 3.39. The molecule has 0 bridgehead atoms. The van der Waals surface area contributed by atoms with Crippen LogP contribution in [0, 0.1) is 0 Å². The summed E-state index contributed by atoms with van der Waals surface area (Å²) in [7, 11) is 3.74. The molecule has 160 valence electrons. The molecule has 4 rings (SSSR count). The van der Waals surface area contributed by atoms with E-state index in [0.29, 0.717) is 0 Å². The van der Waals surface area contributed by atoms with Gasteiger partial charge < -0.3 is 9.64 Å². The van der Waals surface area contributed by atoms with Gasteiger partial charge in [-0.15, -0.1) is 0 Å². The van der Waals surface area contributed by atoms with Crippen molar-refractivity contribution in [2.75, 3.05) is 7.05 Å². The smallest absolute Gasteiger partial charge is 0.410 e. The number of hydrogen-bond donors (Lipinski definition) is 0. The third kappa shape index (κ3) is 4.17. The molecule has 3 aromatic heterocycles. The zero-order chi connectivity index (χ0) is 21.5. The molecule has 3 aromatic rings. The molecule has 1 amide bonds. The maximum atomic E-state index is 12.6. The third-order valence-electron chi connectivity index (χ3n) is 5.68. The van der Waals surface area contributed by atoms with E-state index < -0.39 is 5.60 Å². The summed E-state index contributed by atoms with van der Waals surface area (Å²) >= 11 is 0. The minimum absolute atomic E-state index is 0.130. The molecule has 0 radical (unpaired) electrons. The van der Waals surface area contributed by atoms with E-state index in [-0.39, 0.29) is 18.1 Å². The van der Waals surface area contributed by atoms with Crippen molar-refractivity contribution in [3.8, 4) is 11.3 Å². The first-order valence-electron chi connectivity index (χ1n) is 10.5. The predicted octanol–water partition coefficient (Wildman–Crippen LogP) is 4.02. The van der Waals surface area contributed by atoms with Gasteiger partial charge >= 0.3 is 6.09 Å². The van der Waals surface area contributed by atoms with Gasteiger partial charge in [-0.1, -0.05) is 6.42 Å². The van der Waals surface area contributed by atoms with E-state index in [1.165, 1.54) is 0 Å². The lowest BCUT2D eigenvalue weighted by molar-refractivity contribution is 0.0180. The summed E-state index contributed by atoms with van der Waals surface area (Å²) in [6, 6.07) is 2.14. The molecule has 2 atom stereocenters. The van der Waals surface area contributed by atoms with E-state index >= 15 is 0 Å². The van der Waals surface area contributed by atoms with Gasteiger partial charge in [0.2, 0.25) is 0 Å². The molecule has 1 aliphatic carbocycles. The lowest BCUT2D eigenvalue weighted by Gasteiger charge is -2.36. The molecule has 1 saturated carbocycles. The van der Waals surface area contributed by atoms with Gasteiger partial charge in [-0.25, -0.2) is 14.3 Å². The minimum atomic E-state index is -0.497. The molecule has 1 fully saturated rings. The molecular formula is C22H30N6O2. The Bertz CT molecular complexity index is 1050. The average molecular weight is 411 g/mol. The lowest BCUT2D eigenvalue weighted by atomic mass is 9.82. The molecule has 2 unspecified atom stereocenters. The summed E-state index contributed by atoms with van der Waals surface area (Å²) in [5.74, 6) is 0.254. The second-order valence-electron chi connectivity index (χ2n) is 9.18. The number of aryl methyl sites for hydroxylation is 1. The van der Waals surface area contributed by atoms with E-state index in [0.717, 1.165) is 48.2 Å². The Hall–Kier alpha value is -2.90. The van der Waals surface area contributed by atoms with Crippen LogP contribution in [0.15, 0.2) is 30.9 Å². The maximum Gasteiger partial charge on any atom is 0.410 e. The number of carbonyl (C=O) groups is 1. The molecule has 8 heteroatoms. The standard InChI is InChI=1S/C22H30N6O2/c1-22(2,3)30-21(29)27(5)17-8-6-7-15(11-17)20-19-9-10-23-28(19)14-18(25-20)16-12-24-26(4)13-16/h9-10,12-15,17H,6-8,11H2,1-5H3. The first-order chi connectivity index (χ1) is 14.2. The highest BCUT2D eigenvalue weighted by molar-refractivity contribution is 5.68. The average Bonchev–Trinajstić information content (AvgIpc) is 3.34. The van der Waals surface area contributed by atoms with E-state index in [1.54, 1.807) is 15.8 Å². The Kier molecular flexibility index (Phi) is 5.26. The van der Waals surface area contributed by atoms with Crippen LogP contribution in [0.2, 0.25) is 0 Å². The van der Waals surface area contributed by atoms with E-state index in [9.17, 15) is 4.79 Å². The first-order valence-corrected chi connectivity index (χ1v) is 10.5. The molecule has 3 heterocycles. The largest absolute Gasteiger partial charge is 0.444 e. The van der Waals surface area contributed by atoms with E-state index in [1.807, 2.05) is 64.0 Å². The fraction of sp³-hybridized carbons (Fsp3) is 0.545.